The first-order valence-corrected chi connectivity index (χ1v) is 6.67. The average Bonchev–Trinajstić information content (AvgIpc) is 2.65. The number of aryl methyl sites for hydroxylation is 1. The molecule has 0 amide bonds. The van der Waals surface area contributed by atoms with Crippen molar-refractivity contribution in [1.29, 1.82) is 0 Å². The van der Waals surface area contributed by atoms with Gasteiger partial charge in [-0.25, -0.2) is 4.68 Å². The van der Waals surface area contributed by atoms with Gasteiger partial charge >= 0.3 is 0 Å². The first-order chi connectivity index (χ1) is 9.66. The summed E-state index contributed by atoms with van der Waals surface area (Å²) in [5, 5.41) is 0.232. The molecule has 1 aromatic carbocycles. The Morgan fingerprint density at radius 3 is 2.45 bits per heavy atom. The molecule has 20 heavy (non-hydrogen) atoms. The molecule has 0 radical (unpaired) electrons. The van der Waals surface area contributed by atoms with Gasteiger partial charge in [0, 0.05) is 5.56 Å². The van der Waals surface area contributed by atoms with Crippen LogP contribution in [0.3, 0.4) is 0 Å². The van der Waals surface area contributed by atoms with Crippen molar-refractivity contribution < 1.29 is 0 Å². The number of benzene rings is 1. The summed E-state index contributed by atoms with van der Waals surface area (Å²) >= 11 is 6.12. The SMILES string of the molecule is Cc1ccc(Nn2c3cccccc-3c(Cl)c2=O)cc1. The fourth-order valence-corrected chi connectivity index (χ4v) is 2.35. The molecule has 0 aromatic heterocycles. The zero-order chi connectivity index (χ0) is 14.1. The predicted molar refractivity (Wildman–Crippen MR) is 82.5 cm³/mol. The molecule has 2 aliphatic rings. The van der Waals surface area contributed by atoms with E-state index in [1.807, 2.05) is 61.5 Å². The summed E-state index contributed by atoms with van der Waals surface area (Å²) in [4.78, 5) is 12.2. The van der Waals surface area contributed by atoms with E-state index in [9.17, 15) is 4.79 Å². The van der Waals surface area contributed by atoms with Gasteiger partial charge in [0.1, 0.15) is 5.02 Å². The van der Waals surface area contributed by atoms with Crippen LogP contribution in [0.5, 0.6) is 0 Å². The molecule has 0 atom stereocenters. The number of anilines is 1. The zero-order valence-electron chi connectivity index (χ0n) is 10.9. The molecule has 0 saturated carbocycles. The van der Waals surface area contributed by atoms with Crippen LogP contribution >= 0.6 is 11.6 Å². The molecule has 3 rings (SSSR count). The Balaban J connectivity index is 2.11. The minimum absolute atomic E-state index is 0.232. The summed E-state index contributed by atoms with van der Waals surface area (Å²) < 4.78 is 1.47. The molecule has 1 aromatic rings. The second-order valence-electron chi connectivity index (χ2n) is 4.64. The third-order valence-corrected chi connectivity index (χ3v) is 3.54. The van der Waals surface area contributed by atoms with E-state index in [2.05, 4.69) is 5.43 Å². The lowest BCUT2D eigenvalue weighted by Gasteiger charge is -2.09. The van der Waals surface area contributed by atoms with E-state index in [0.29, 0.717) is 0 Å². The van der Waals surface area contributed by atoms with Gasteiger partial charge in [-0.15, -0.1) is 0 Å². The van der Waals surface area contributed by atoms with Gasteiger partial charge in [-0.05, 0) is 25.1 Å². The van der Waals surface area contributed by atoms with Crippen molar-refractivity contribution in [3.05, 3.63) is 75.5 Å². The van der Waals surface area contributed by atoms with E-state index < -0.39 is 0 Å². The van der Waals surface area contributed by atoms with Gasteiger partial charge in [-0.2, -0.15) is 0 Å². The van der Waals surface area contributed by atoms with Crippen molar-refractivity contribution >= 4 is 17.3 Å². The highest BCUT2D eigenvalue weighted by molar-refractivity contribution is 6.33. The third kappa shape index (κ3) is 2.17. The lowest BCUT2D eigenvalue weighted by molar-refractivity contribution is 0.939. The second kappa shape index (κ2) is 5.02. The molecule has 0 spiro atoms. The minimum Gasteiger partial charge on any atom is -0.291 e. The molecule has 1 heterocycles. The van der Waals surface area contributed by atoms with Crippen LogP contribution in [0.4, 0.5) is 5.69 Å². The lowest BCUT2D eigenvalue weighted by Crippen LogP contribution is -2.22. The van der Waals surface area contributed by atoms with E-state index in [1.54, 1.807) is 0 Å². The Bertz CT molecular complexity index is 777. The quantitative estimate of drug-likeness (QED) is 0.777. The number of nitrogens with zero attached hydrogens (tertiary/aromatic N) is 1. The van der Waals surface area contributed by atoms with Crippen molar-refractivity contribution in [3.63, 3.8) is 0 Å². The summed E-state index contributed by atoms with van der Waals surface area (Å²) in [6.45, 7) is 2.02. The maximum absolute atomic E-state index is 12.2. The average molecular weight is 285 g/mol. The van der Waals surface area contributed by atoms with Crippen LogP contribution in [0.1, 0.15) is 5.56 Å². The normalized spacial score (nSPS) is 10.7. The minimum atomic E-state index is -0.242. The highest BCUT2D eigenvalue weighted by atomic mass is 35.5. The van der Waals surface area contributed by atoms with E-state index in [0.717, 1.165) is 16.9 Å². The van der Waals surface area contributed by atoms with Crippen molar-refractivity contribution in [2.45, 2.75) is 6.92 Å². The van der Waals surface area contributed by atoms with Gasteiger partial charge in [0.05, 0.1) is 11.4 Å². The molecule has 3 nitrogen and oxygen atoms in total. The van der Waals surface area contributed by atoms with Crippen molar-refractivity contribution in [3.8, 4) is 11.3 Å². The van der Waals surface area contributed by atoms with Gasteiger partial charge in [0.15, 0.2) is 0 Å². The molecule has 0 bridgehead atoms. The Labute approximate surface area is 121 Å². The standard InChI is InChI=1S/C16H13ClN2O/c1-11-7-9-12(10-8-11)18-19-14-6-4-2-3-5-13(14)15(17)16(19)20/h2-10,18H,1H3. The largest absolute Gasteiger partial charge is 0.291 e. The first kappa shape index (κ1) is 12.8. The van der Waals surface area contributed by atoms with Crippen LogP contribution in [0, 0.1) is 6.92 Å². The van der Waals surface area contributed by atoms with Crippen LogP contribution in [-0.2, 0) is 0 Å². The maximum Gasteiger partial charge on any atom is 0.289 e. The fraction of sp³-hybridized carbons (Fsp3) is 0.0625. The first-order valence-electron chi connectivity index (χ1n) is 6.30. The van der Waals surface area contributed by atoms with Crippen LogP contribution in [-0.4, -0.2) is 4.68 Å². The molecular weight excluding hydrogens is 272 g/mol. The van der Waals surface area contributed by atoms with Crippen LogP contribution in [0.15, 0.2) is 59.4 Å². The number of fused-ring (bicyclic) bond motifs is 1. The highest BCUT2D eigenvalue weighted by Gasteiger charge is 2.17. The predicted octanol–water partition coefficient (Wildman–Crippen LogP) is 3.79. The molecule has 1 aliphatic carbocycles. The Hall–Kier alpha value is -2.26. The van der Waals surface area contributed by atoms with Gasteiger partial charge in [-0.3, -0.25) is 10.2 Å². The fourth-order valence-electron chi connectivity index (χ4n) is 2.11. The number of hydrogen-bond donors (Lipinski definition) is 1. The number of hydrogen-bond acceptors (Lipinski definition) is 2. The monoisotopic (exact) mass is 284 g/mol. The number of rotatable bonds is 2. The van der Waals surface area contributed by atoms with Crippen LogP contribution < -0.4 is 11.0 Å². The lowest BCUT2D eigenvalue weighted by atomic mass is 10.2. The van der Waals surface area contributed by atoms with Crippen molar-refractivity contribution in [2.75, 3.05) is 5.43 Å². The maximum atomic E-state index is 12.2. The summed E-state index contributed by atoms with van der Waals surface area (Å²) in [7, 11) is 0. The van der Waals surface area contributed by atoms with E-state index in [-0.39, 0.29) is 10.6 Å². The second-order valence-corrected chi connectivity index (χ2v) is 5.02. The van der Waals surface area contributed by atoms with Crippen molar-refractivity contribution in [2.24, 2.45) is 0 Å². The van der Waals surface area contributed by atoms with Gasteiger partial charge in [0.25, 0.3) is 5.56 Å². The summed E-state index contributed by atoms with van der Waals surface area (Å²) in [6.07, 6.45) is 0. The van der Waals surface area contributed by atoms with E-state index in [4.69, 9.17) is 11.6 Å². The number of halogens is 1. The molecule has 1 N–H and O–H groups in total. The zero-order valence-corrected chi connectivity index (χ0v) is 11.7. The molecule has 1 aliphatic heterocycles. The van der Waals surface area contributed by atoms with Gasteiger partial charge in [-0.1, -0.05) is 53.6 Å². The molecular formula is C16H13ClN2O. The topological polar surface area (TPSA) is 34.0 Å². The molecule has 0 unspecified atom stereocenters. The highest BCUT2D eigenvalue weighted by Crippen LogP contribution is 2.27. The van der Waals surface area contributed by atoms with E-state index in [1.165, 1.54) is 10.2 Å². The smallest absolute Gasteiger partial charge is 0.289 e. The number of aromatic nitrogens is 1. The van der Waals surface area contributed by atoms with Gasteiger partial charge < -0.3 is 0 Å². The molecule has 0 fully saturated rings. The Morgan fingerprint density at radius 1 is 1.00 bits per heavy atom. The van der Waals surface area contributed by atoms with Crippen LogP contribution in [0.2, 0.25) is 5.02 Å². The van der Waals surface area contributed by atoms with E-state index >= 15 is 0 Å². The van der Waals surface area contributed by atoms with Gasteiger partial charge in [0.2, 0.25) is 0 Å². The summed E-state index contributed by atoms with van der Waals surface area (Å²) in [5.74, 6) is 0. The third-order valence-electron chi connectivity index (χ3n) is 3.18. The molecule has 100 valence electrons. The summed E-state index contributed by atoms with van der Waals surface area (Å²) in [5.41, 5.74) is 6.35. The Morgan fingerprint density at radius 2 is 1.70 bits per heavy atom. The van der Waals surface area contributed by atoms with Crippen LogP contribution in [0.25, 0.3) is 11.3 Å². The Kier molecular flexibility index (Phi) is 3.20. The molecule has 4 heteroatoms. The summed E-state index contributed by atoms with van der Waals surface area (Å²) in [6, 6.07) is 17.2. The number of nitrogens with one attached hydrogen (secondary N) is 1. The van der Waals surface area contributed by atoms with Crippen molar-refractivity contribution in [1.82, 2.24) is 4.68 Å². The molecule has 0 saturated heterocycles.